The Kier molecular flexibility index (Phi) is 4.26. The van der Waals surface area contributed by atoms with Crippen molar-refractivity contribution in [1.82, 2.24) is 19.7 Å². The quantitative estimate of drug-likeness (QED) is 0.760. The second-order valence-electron chi connectivity index (χ2n) is 4.94. The van der Waals surface area contributed by atoms with Crippen LogP contribution in [0.4, 0.5) is 4.39 Å². The first-order valence-corrected chi connectivity index (χ1v) is 7.90. The number of fused-ring (bicyclic) bond motifs is 1. The van der Waals surface area contributed by atoms with Crippen LogP contribution in [0.5, 0.6) is 0 Å². The Morgan fingerprint density at radius 3 is 3.05 bits per heavy atom. The van der Waals surface area contributed by atoms with Crippen molar-refractivity contribution in [2.45, 2.75) is 25.8 Å². The molecule has 110 valence electrons. The average molecular weight is 304 g/mol. The minimum atomic E-state index is -0.310. The van der Waals surface area contributed by atoms with E-state index in [1.165, 1.54) is 12.3 Å². The third-order valence-electron chi connectivity index (χ3n) is 3.30. The van der Waals surface area contributed by atoms with Crippen LogP contribution in [0.15, 0.2) is 36.1 Å². The van der Waals surface area contributed by atoms with Crippen LogP contribution in [0.2, 0.25) is 0 Å². The van der Waals surface area contributed by atoms with Crippen molar-refractivity contribution in [1.29, 1.82) is 0 Å². The van der Waals surface area contributed by atoms with E-state index in [4.69, 9.17) is 0 Å². The fourth-order valence-electron chi connectivity index (χ4n) is 2.28. The number of hydrogen-bond acceptors (Lipinski definition) is 4. The fraction of sp³-hybridized carbons (Fsp3) is 0.333. The van der Waals surface area contributed by atoms with Gasteiger partial charge in [-0.2, -0.15) is 0 Å². The molecule has 0 fully saturated rings. The highest BCUT2D eigenvalue weighted by molar-refractivity contribution is 7.15. The topological polar surface area (TPSA) is 42.2 Å². The molecule has 3 heterocycles. The number of aromatic nitrogens is 3. The van der Waals surface area contributed by atoms with Crippen LogP contribution >= 0.6 is 11.3 Å². The first-order chi connectivity index (χ1) is 10.3. The Labute approximate surface area is 126 Å². The second-order valence-corrected chi connectivity index (χ2v) is 5.81. The van der Waals surface area contributed by atoms with Gasteiger partial charge < -0.3 is 5.32 Å². The number of nitrogens with zero attached hydrogens (tertiary/aromatic N) is 3. The van der Waals surface area contributed by atoms with E-state index in [0.29, 0.717) is 0 Å². The summed E-state index contributed by atoms with van der Waals surface area (Å²) in [7, 11) is 0. The number of hydrogen-bond donors (Lipinski definition) is 1. The molecule has 0 saturated heterocycles. The van der Waals surface area contributed by atoms with E-state index in [2.05, 4.69) is 22.2 Å². The molecule has 21 heavy (non-hydrogen) atoms. The van der Waals surface area contributed by atoms with E-state index in [1.807, 2.05) is 22.2 Å². The van der Waals surface area contributed by atoms with Gasteiger partial charge in [-0.25, -0.2) is 9.37 Å². The summed E-state index contributed by atoms with van der Waals surface area (Å²) in [5.74, 6) is -0.310. The fourth-order valence-corrected chi connectivity index (χ4v) is 3.00. The Morgan fingerprint density at radius 1 is 1.43 bits per heavy atom. The molecule has 0 aliphatic heterocycles. The van der Waals surface area contributed by atoms with Gasteiger partial charge in [0.2, 0.25) is 0 Å². The SMILES string of the molecule is CCCNC(Cc1cn2ccsc2n1)c1ccc(F)cn1. The number of thiazole rings is 1. The van der Waals surface area contributed by atoms with Gasteiger partial charge in [-0.05, 0) is 25.1 Å². The Hall–Kier alpha value is -1.79. The minimum absolute atomic E-state index is 0.0511. The Morgan fingerprint density at radius 2 is 2.33 bits per heavy atom. The zero-order chi connectivity index (χ0) is 14.7. The highest BCUT2D eigenvalue weighted by atomic mass is 32.1. The van der Waals surface area contributed by atoms with Crippen molar-refractivity contribution >= 4 is 16.3 Å². The van der Waals surface area contributed by atoms with Gasteiger partial charge in [0.25, 0.3) is 0 Å². The number of imidazole rings is 1. The molecule has 1 atom stereocenters. The molecule has 1 unspecified atom stereocenters. The maximum atomic E-state index is 13.0. The lowest BCUT2D eigenvalue weighted by Gasteiger charge is -2.16. The molecular formula is C15H17FN4S. The first-order valence-electron chi connectivity index (χ1n) is 7.02. The van der Waals surface area contributed by atoms with Crippen molar-refractivity contribution in [3.05, 3.63) is 53.3 Å². The first kappa shape index (κ1) is 14.2. The lowest BCUT2D eigenvalue weighted by Crippen LogP contribution is -2.25. The number of halogens is 1. The van der Waals surface area contributed by atoms with E-state index in [-0.39, 0.29) is 11.9 Å². The molecule has 3 aromatic rings. The molecule has 0 radical (unpaired) electrons. The van der Waals surface area contributed by atoms with Crippen LogP contribution in [0.3, 0.4) is 0 Å². The lowest BCUT2D eigenvalue weighted by molar-refractivity contribution is 0.511. The highest BCUT2D eigenvalue weighted by Gasteiger charge is 2.15. The highest BCUT2D eigenvalue weighted by Crippen LogP contribution is 2.19. The maximum Gasteiger partial charge on any atom is 0.193 e. The van der Waals surface area contributed by atoms with Crippen molar-refractivity contribution < 1.29 is 4.39 Å². The summed E-state index contributed by atoms with van der Waals surface area (Å²) in [5.41, 5.74) is 1.86. The molecule has 4 nitrogen and oxygen atoms in total. The van der Waals surface area contributed by atoms with E-state index in [0.717, 1.165) is 35.7 Å². The van der Waals surface area contributed by atoms with Gasteiger partial charge in [-0.15, -0.1) is 11.3 Å². The standard InChI is InChI=1S/C15H17FN4S/c1-2-5-17-14(13-4-3-11(16)9-18-13)8-12-10-20-6-7-21-15(20)19-12/h3-4,6-7,9-10,14,17H,2,5,8H2,1H3. The van der Waals surface area contributed by atoms with Gasteiger partial charge in [0.05, 0.1) is 23.6 Å². The molecule has 0 bridgehead atoms. The summed E-state index contributed by atoms with van der Waals surface area (Å²) in [4.78, 5) is 9.80. The Balaban J connectivity index is 1.81. The van der Waals surface area contributed by atoms with Gasteiger partial charge in [0, 0.05) is 24.2 Å². The van der Waals surface area contributed by atoms with Crippen LogP contribution in [0, 0.1) is 5.82 Å². The number of rotatable bonds is 6. The summed E-state index contributed by atoms with van der Waals surface area (Å²) < 4.78 is 15.1. The number of nitrogens with one attached hydrogen (secondary N) is 1. The van der Waals surface area contributed by atoms with Crippen LogP contribution in [0.25, 0.3) is 4.96 Å². The summed E-state index contributed by atoms with van der Waals surface area (Å²) in [6, 6.07) is 3.24. The molecule has 6 heteroatoms. The molecule has 0 aliphatic rings. The second kappa shape index (κ2) is 6.32. The molecule has 0 aromatic carbocycles. The molecule has 1 N–H and O–H groups in total. The molecule has 0 aliphatic carbocycles. The summed E-state index contributed by atoms with van der Waals surface area (Å²) >= 11 is 1.62. The van der Waals surface area contributed by atoms with Crippen LogP contribution in [-0.2, 0) is 6.42 Å². The van der Waals surface area contributed by atoms with Gasteiger partial charge in [-0.3, -0.25) is 9.38 Å². The van der Waals surface area contributed by atoms with Gasteiger partial charge >= 0.3 is 0 Å². The van der Waals surface area contributed by atoms with Crippen molar-refractivity contribution in [2.24, 2.45) is 0 Å². The smallest absolute Gasteiger partial charge is 0.193 e. The normalized spacial score (nSPS) is 12.9. The minimum Gasteiger partial charge on any atom is -0.308 e. The summed E-state index contributed by atoms with van der Waals surface area (Å²) in [6.07, 6.45) is 7.09. The van der Waals surface area contributed by atoms with Crippen molar-refractivity contribution in [3.8, 4) is 0 Å². The molecule has 3 rings (SSSR count). The molecule has 0 saturated carbocycles. The predicted molar refractivity (Wildman–Crippen MR) is 82.0 cm³/mol. The van der Waals surface area contributed by atoms with Crippen LogP contribution < -0.4 is 5.32 Å². The van der Waals surface area contributed by atoms with Gasteiger partial charge in [0.1, 0.15) is 5.82 Å². The molecule has 0 spiro atoms. The van der Waals surface area contributed by atoms with Gasteiger partial charge in [0.15, 0.2) is 4.96 Å². The number of pyridine rings is 1. The maximum absolute atomic E-state index is 13.0. The lowest BCUT2D eigenvalue weighted by atomic mass is 10.1. The monoisotopic (exact) mass is 304 g/mol. The van der Waals surface area contributed by atoms with E-state index in [1.54, 1.807) is 17.4 Å². The Bertz CT molecular complexity index is 675. The third kappa shape index (κ3) is 3.28. The summed E-state index contributed by atoms with van der Waals surface area (Å²) in [5, 5.41) is 5.47. The van der Waals surface area contributed by atoms with E-state index in [9.17, 15) is 4.39 Å². The van der Waals surface area contributed by atoms with E-state index < -0.39 is 0 Å². The molecule has 0 amide bonds. The van der Waals surface area contributed by atoms with Gasteiger partial charge in [-0.1, -0.05) is 6.92 Å². The van der Waals surface area contributed by atoms with Crippen LogP contribution in [-0.4, -0.2) is 20.9 Å². The zero-order valence-corrected chi connectivity index (χ0v) is 12.6. The zero-order valence-electron chi connectivity index (χ0n) is 11.8. The largest absolute Gasteiger partial charge is 0.308 e. The van der Waals surface area contributed by atoms with Crippen molar-refractivity contribution in [2.75, 3.05) is 6.54 Å². The predicted octanol–water partition coefficient (Wildman–Crippen LogP) is 3.21. The van der Waals surface area contributed by atoms with Crippen molar-refractivity contribution in [3.63, 3.8) is 0 Å². The van der Waals surface area contributed by atoms with E-state index >= 15 is 0 Å². The van der Waals surface area contributed by atoms with Crippen LogP contribution in [0.1, 0.15) is 30.8 Å². The summed E-state index contributed by atoms with van der Waals surface area (Å²) in [6.45, 7) is 3.01. The molecule has 3 aromatic heterocycles. The molecular weight excluding hydrogens is 287 g/mol. The average Bonchev–Trinajstić information content (AvgIpc) is 3.05. The third-order valence-corrected chi connectivity index (χ3v) is 4.08.